The minimum atomic E-state index is -0.784. The van der Waals surface area contributed by atoms with Crippen molar-refractivity contribution >= 4 is 17.9 Å². The Bertz CT molecular complexity index is 1530. The third kappa shape index (κ3) is 63.2. The van der Waals surface area contributed by atoms with Crippen molar-refractivity contribution in [2.75, 3.05) is 13.2 Å². The normalized spacial score (nSPS) is 12.7. The van der Waals surface area contributed by atoms with Gasteiger partial charge in [0.05, 0.1) is 0 Å². The highest BCUT2D eigenvalue weighted by molar-refractivity contribution is 5.71. The number of esters is 3. The maximum Gasteiger partial charge on any atom is 0.306 e. The van der Waals surface area contributed by atoms with E-state index in [0.29, 0.717) is 19.3 Å². The molecular formula is C72H124O6. The lowest BCUT2D eigenvalue weighted by molar-refractivity contribution is -0.167. The summed E-state index contributed by atoms with van der Waals surface area (Å²) in [7, 11) is 0. The van der Waals surface area contributed by atoms with Gasteiger partial charge in [-0.3, -0.25) is 14.4 Å². The van der Waals surface area contributed by atoms with Crippen LogP contribution in [0.3, 0.4) is 0 Å². The summed E-state index contributed by atoms with van der Waals surface area (Å²) in [6.07, 6.45) is 88.4. The maximum atomic E-state index is 12.9. The molecule has 448 valence electrons. The van der Waals surface area contributed by atoms with Crippen LogP contribution in [-0.2, 0) is 28.6 Å². The monoisotopic (exact) mass is 1080 g/mol. The van der Waals surface area contributed by atoms with Crippen LogP contribution in [0.25, 0.3) is 0 Å². The van der Waals surface area contributed by atoms with Crippen molar-refractivity contribution in [1.82, 2.24) is 0 Å². The van der Waals surface area contributed by atoms with Crippen LogP contribution in [0.2, 0.25) is 0 Å². The predicted molar refractivity (Wildman–Crippen MR) is 339 cm³/mol. The van der Waals surface area contributed by atoms with E-state index in [2.05, 4.69) is 118 Å². The molecule has 6 nitrogen and oxygen atoms in total. The Morgan fingerprint density at radius 1 is 0.269 bits per heavy atom. The summed E-state index contributed by atoms with van der Waals surface area (Å²) in [5, 5.41) is 0. The molecule has 0 rings (SSSR count). The maximum absolute atomic E-state index is 12.9. The zero-order valence-corrected chi connectivity index (χ0v) is 51.4. The van der Waals surface area contributed by atoms with Crippen LogP contribution in [-0.4, -0.2) is 37.2 Å². The number of carbonyl (C=O) groups is 3. The summed E-state index contributed by atoms with van der Waals surface area (Å²) in [6, 6.07) is 0. The lowest BCUT2D eigenvalue weighted by Crippen LogP contribution is -2.30. The molecule has 1 atom stereocenters. The van der Waals surface area contributed by atoms with E-state index in [0.717, 1.165) is 116 Å². The number of rotatable bonds is 60. The van der Waals surface area contributed by atoms with E-state index < -0.39 is 6.10 Å². The van der Waals surface area contributed by atoms with Crippen molar-refractivity contribution in [1.29, 1.82) is 0 Å². The molecule has 0 spiro atoms. The molecule has 0 aliphatic heterocycles. The first-order valence-electron chi connectivity index (χ1n) is 33.2. The molecule has 0 amide bonds. The molecule has 0 bridgehead atoms. The third-order valence-electron chi connectivity index (χ3n) is 14.3. The van der Waals surface area contributed by atoms with Crippen LogP contribution in [0.5, 0.6) is 0 Å². The van der Waals surface area contributed by atoms with Crippen LogP contribution in [0.15, 0.2) is 97.2 Å². The van der Waals surface area contributed by atoms with Gasteiger partial charge in [-0.2, -0.15) is 0 Å². The summed E-state index contributed by atoms with van der Waals surface area (Å²) >= 11 is 0. The fraction of sp³-hybridized carbons (Fsp3) is 0.736. The highest BCUT2D eigenvalue weighted by Crippen LogP contribution is 2.17. The van der Waals surface area contributed by atoms with Crippen LogP contribution < -0.4 is 0 Å². The summed E-state index contributed by atoms with van der Waals surface area (Å²) in [6.45, 7) is 6.51. The molecule has 0 fully saturated rings. The zero-order valence-electron chi connectivity index (χ0n) is 51.4. The lowest BCUT2D eigenvalue weighted by Gasteiger charge is -2.18. The molecule has 0 N–H and O–H groups in total. The second-order valence-corrected chi connectivity index (χ2v) is 22.0. The molecule has 78 heavy (non-hydrogen) atoms. The van der Waals surface area contributed by atoms with E-state index in [1.54, 1.807) is 0 Å². The quantitative estimate of drug-likeness (QED) is 0.0261. The Labute approximate surface area is 483 Å². The van der Waals surface area contributed by atoms with Gasteiger partial charge in [0.1, 0.15) is 13.2 Å². The van der Waals surface area contributed by atoms with E-state index >= 15 is 0 Å². The molecular weight excluding hydrogens is 961 g/mol. The van der Waals surface area contributed by atoms with Crippen molar-refractivity contribution < 1.29 is 28.6 Å². The van der Waals surface area contributed by atoms with Gasteiger partial charge in [-0.25, -0.2) is 0 Å². The molecule has 0 aliphatic carbocycles. The van der Waals surface area contributed by atoms with Crippen LogP contribution in [0.1, 0.15) is 323 Å². The van der Waals surface area contributed by atoms with Gasteiger partial charge >= 0.3 is 17.9 Å². The Kier molecular flexibility index (Phi) is 62.7. The third-order valence-corrected chi connectivity index (χ3v) is 14.3. The topological polar surface area (TPSA) is 78.9 Å². The van der Waals surface area contributed by atoms with E-state index in [4.69, 9.17) is 14.2 Å². The summed E-state index contributed by atoms with van der Waals surface area (Å²) in [5.74, 6) is -0.881. The summed E-state index contributed by atoms with van der Waals surface area (Å²) < 4.78 is 16.9. The number of carbonyl (C=O) groups excluding carboxylic acids is 3. The minimum absolute atomic E-state index is 0.0796. The van der Waals surface area contributed by atoms with Gasteiger partial charge in [0.15, 0.2) is 6.10 Å². The van der Waals surface area contributed by atoms with Crippen molar-refractivity contribution in [2.24, 2.45) is 0 Å². The lowest BCUT2D eigenvalue weighted by atomic mass is 10.0. The molecule has 1 unspecified atom stereocenters. The van der Waals surface area contributed by atoms with Gasteiger partial charge < -0.3 is 14.2 Å². The predicted octanol–water partition coefficient (Wildman–Crippen LogP) is 22.8. The molecule has 0 aromatic rings. The Morgan fingerprint density at radius 2 is 0.500 bits per heavy atom. The molecule has 0 radical (unpaired) electrons. The number of hydrogen-bond donors (Lipinski definition) is 0. The SMILES string of the molecule is CC/C=C\C/C=C\C/C=C\C/C=C\C/C=C\CCCCCCCCCCCCCCCC(=O)OCC(COC(=O)CCCCCCCCCCCCCC)OC(=O)CCCCCCCC/C=C\C/C=C\C/C=C\CCCCC. The number of ether oxygens (including phenoxy) is 3. The van der Waals surface area contributed by atoms with Gasteiger partial charge in [-0.05, 0) is 103 Å². The largest absolute Gasteiger partial charge is 0.462 e. The summed E-state index contributed by atoms with van der Waals surface area (Å²) in [4.78, 5) is 38.3. The second-order valence-electron chi connectivity index (χ2n) is 22.0. The number of hydrogen-bond acceptors (Lipinski definition) is 6. The zero-order chi connectivity index (χ0) is 56.4. The van der Waals surface area contributed by atoms with E-state index in [-0.39, 0.29) is 31.1 Å². The van der Waals surface area contributed by atoms with Crippen LogP contribution >= 0.6 is 0 Å². The first-order chi connectivity index (χ1) is 38.5. The smallest absolute Gasteiger partial charge is 0.306 e. The van der Waals surface area contributed by atoms with Gasteiger partial charge in [0, 0.05) is 19.3 Å². The second kappa shape index (κ2) is 65.8. The molecule has 0 saturated heterocycles. The molecule has 0 saturated carbocycles. The van der Waals surface area contributed by atoms with E-state index in [9.17, 15) is 14.4 Å². The van der Waals surface area contributed by atoms with Crippen LogP contribution in [0.4, 0.5) is 0 Å². The summed E-state index contributed by atoms with van der Waals surface area (Å²) in [5.41, 5.74) is 0. The first kappa shape index (κ1) is 74.3. The van der Waals surface area contributed by atoms with Gasteiger partial charge in [-0.1, -0.05) is 298 Å². The highest BCUT2D eigenvalue weighted by atomic mass is 16.6. The highest BCUT2D eigenvalue weighted by Gasteiger charge is 2.19. The van der Waals surface area contributed by atoms with Crippen molar-refractivity contribution in [2.45, 2.75) is 329 Å². The molecule has 0 aliphatic rings. The molecule has 0 aromatic carbocycles. The minimum Gasteiger partial charge on any atom is -0.462 e. The first-order valence-corrected chi connectivity index (χ1v) is 33.2. The van der Waals surface area contributed by atoms with Gasteiger partial charge in [-0.15, -0.1) is 0 Å². The van der Waals surface area contributed by atoms with Crippen molar-refractivity contribution in [3.05, 3.63) is 97.2 Å². The van der Waals surface area contributed by atoms with Gasteiger partial charge in [0.25, 0.3) is 0 Å². The van der Waals surface area contributed by atoms with E-state index in [1.807, 2.05) is 0 Å². The molecule has 0 heterocycles. The molecule has 6 heteroatoms. The average Bonchev–Trinajstić information content (AvgIpc) is 3.44. The van der Waals surface area contributed by atoms with Gasteiger partial charge in [0.2, 0.25) is 0 Å². The molecule has 0 aromatic heterocycles. The average molecular weight is 1090 g/mol. The number of allylic oxidation sites excluding steroid dienone is 16. The Morgan fingerprint density at radius 3 is 0.808 bits per heavy atom. The fourth-order valence-electron chi connectivity index (χ4n) is 9.36. The number of unbranched alkanes of at least 4 members (excludes halogenated alkanes) is 33. The fourth-order valence-corrected chi connectivity index (χ4v) is 9.36. The van der Waals surface area contributed by atoms with Crippen molar-refractivity contribution in [3.8, 4) is 0 Å². The van der Waals surface area contributed by atoms with Crippen LogP contribution in [0, 0.1) is 0 Å². The Hall–Kier alpha value is -3.67. The standard InChI is InChI=1S/C72H124O6/c1-4-7-10-13-16-19-22-25-27-29-31-32-33-34-35-36-37-38-39-40-42-43-45-47-50-53-56-59-62-65-71(74)77-68-69(67-76-70(73)64-61-58-55-52-49-24-21-18-15-12-9-6-3)78-72(75)66-63-60-57-54-51-48-46-44-41-30-28-26-23-20-17-14-11-8-5-2/h7,10,16-17,19-20,25-28,31-32,34-35,41,44,69H,4-6,8-9,11-15,18,21-24,29-30,33,36-40,42-43,45-68H2,1-3H3/b10-7-,19-16-,20-17-,27-25-,28-26-,32-31-,35-34-,44-41-. The van der Waals surface area contributed by atoms with E-state index in [1.165, 1.54) is 167 Å². The van der Waals surface area contributed by atoms with Crippen molar-refractivity contribution in [3.63, 3.8) is 0 Å². The Balaban J connectivity index is 4.26.